The molecule has 0 atom stereocenters. The van der Waals surface area contributed by atoms with Crippen LogP contribution in [0.2, 0.25) is 0 Å². The van der Waals surface area contributed by atoms with Gasteiger partial charge in [0.05, 0.1) is 5.60 Å². The van der Waals surface area contributed by atoms with Gasteiger partial charge in [-0.1, -0.05) is 13.8 Å². The maximum Gasteiger partial charge on any atom is 0.0614 e. The molecular formula is C6H14BO. The topological polar surface area (TPSA) is 20.2 Å². The van der Waals surface area contributed by atoms with E-state index in [1.165, 1.54) is 0 Å². The Balaban J connectivity index is 0. The van der Waals surface area contributed by atoms with Crippen molar-refractivity contribution in [3.8, 4) is 0 Å². The van der Waals surface area contributed by atoms with Crippen LogP contribution >= 0.6 is 0 Å². The summed E-state index contributed by atoms with van der Waals surface area (Å²) in [6, 6.07) is 0. The van der Waals surface area contributed by atoms with E-state index in [1.54, 1.807) is 0 Å². The first-order chi connectivity index (χ1) is 3.12. The summed E-state index contributed by atoms with van der Waals surface area (Å²) in [6.45, 7) is 5.83. The fourth-order valence-electron chi connectivity index (χ4n) is 0.250. The van der Waals surface area contributed by atoms with Crippen molar-refractivity contribution in [1.82, 2.24) is 0 Å². The van der Waals surface area contributed by atoms with E-state index >= 15 is 0 Å². The molecule has 0 saturated heterocycles. The Bertz CT molecular complexity index is 46.5. The molecule has 0 bridgehead atoms. The Morgan fingerprint density at radius 2 is 1.50 bits per heavy atom. The lowest BCUT2D eigenvalue weighted by Gasteiger charge is -2.17. The lowest BCUT2D eigenvalue weighted by molar-refractivity contribution is 0.0521. The molecule has 47 valence electrons. The van der Waals surface area contributed by atoms with Crippen LogP contribution in [0.1, 0.15) is 33.6 Å². The maximum absolute atomic E-state index is 9.13. The van der Waals surface area contributed by atoms with E-state index in [9.17, 15) is 0 Å². The van der Waals surface area contributed by atoms with Gasteiger partial charge in [-0.15, -0.1) is 0 Å². The zero-order valence-electron chi connectivity index (χ0n) is 5.94. The third kappa shape index (κ3) is 4.19. The zero-order valence-corrected chi connectivity index (χ0v) is 5.94. The molecule has 0 aromatic rings. The molecule has 0 saturated carbocycles. The summed E-state index contributed by atoms with van der Waals surface area (Å²) in [5.74, 6) is 0. The predicted molar refractivity (Wildman–Crippen MR) is 37.0 cm³/mol. The van der Waals surface area contributed by atoms with E-state index in [-0.39, 0.29) is 8.41 Å². The zero-order chi connectivity index (χ0) is 5.91. The summed E-state index contributed by atoms with van der Waals surface area (Å²) in [6.07, 6.45) is 1.70. The largest absolute Gasteiger partial charge is 0.390 e. The highest BCUT2D eigenvalue weighted by Crippen LogP contribution is 2.11. The van der Waals surface area contributed by atoms with Gasteiger partial charge in [0, 0.05) is 8.41 Å². The number of rotatable bonds is 2. The molecule has 0 unspecified atom stereocenters. The summed E-state index contributed by atoms with van der Waals surface area (Å²) >= 11 is 0. The molecule has 1 N–H and O–H groups in total. The van der Waals surface area contributed by atoms with Crippen molar-refractivity contribution in [1.29, 1.82) is 0 Å². The van der Waals surface area contributed by atoms with E-state index in [4.69, 9.17) is 5.11 Å². The van der Waals surface area contributed by atoms with Crippen molar-refractivity contribution in [2.24, 2.45) is 0 Å². The maximum atomic E-state index is 9.13. The summed E-state index contributed by atoms with van der Waals surface area (Å²) in [5, 5.41) is 9.13. The average Bonchev–Trinajstić information content (AvgIpc) is 1.68. The van der Waals surface area contributed by atoms with Gasteiger partial charge in [-0.05, 0) is 19.8 Å². The first-order valence-corrected chi connectivity index (χ1v) is 2.84. The van der Waals surface area contributed by atoms with E-state index < -0.39 is 5.60 Å². The van der Waals surface area contributed by atoms with Gasteiger partial charge < -0.3 is 5.11 Å². The first-order valence-electron chi connectivity index (χ1n) is 2.84. The summed E-state index contributed by atoms with van der Waals surface area (Å²) < 4.78 is 0. The second-order valence-corrected chi connectivity index (χ2v) is 2.20. The molecule has 8 heavy (non-hydrogen) atoms. The Kier molecular flexibility index (Phi) is 5.40. The van der Waals surface area contributed by atoms with Gasteiger partial charge in [0.1, 0.15) is 0 Å². The highest BCUT2D eigenvalue weighted by Gasteiger charge is 2.12. The number of hydrogen-bond donors (Lipinski definition) is 1. The minimum absolute atomic E-state index is 0. The minimum atomic E-state index is -0.417. The van der Waals surface area contributed by atoms with Crippen LogP contribution in [0.4, 0.5) is 0 Å². The second-order valence-electron chi connectivity index (χ2n) is 2.20. The number of aliphatic hydroxyl groups is 1. The van der Waals surface area contributed by atoms with Gasteiger partial charge in [0.2, 0.25) is 0 Å². The smallest absolute Gasteiger partial charge is 0.0614 e. The molecule has 3 radical (unpaired) electrons. The molecule has 0 rings (SSSR count). The molecule has 0 aliphatic rings. The predicted octanol–water partition coefficient (Wildman–Crippen LogP) is 1.18. The van der Waals surface area contributed by atoms with Crippen LogP contribution in [0.25, 0.3) is 0 Å². The molecule has 0 aliphatic carbocycles. The van der Waals surface area contributed by atoms with Crippen LogP contribution in [0.3, 0.4) is 0 Å². The van der Waals surface area contributed by atoms with Crippen molar-refractivity contribution < 1.29 is 5.11 Å². The van der Waals surface area contributed by atoms with Gasteiger partial charge in [-0.3, -0.25) is 0 Å². The normalized spacial score (nSPS) is 10.5. The summed E-state index contributed by atoms with van der Waals surface area (Å²) in [4.78, 5) is 0. The highest BCUT2D eigenvalue weighted by molar-refractivity contribution is 5.75. The molecule has 0 heterocycles. The molecule has 0 aromatic heterocycles. The fourth-order valence-corrected chi connectivity index (χ4v) is 0.250. The summed E-state index contributed by atoms with van der Waals surface area (Å²) in [7, 11) is 0. The molecule has 2 heteroatoms. The van der Waals surface area contributed by atoms with Crippen molar-refractivity contribution in [2.75, 3.05) is 0 Å². The molecule has 1 nitrogen and oxygen atoms in total. The molecule has 0 aliphatic heterocycles. The van der Waals surface area contributed by atoms with E-state index in [2.05, 4.69) is 0 Å². The molecule has 0 spiro atoms. The minimum Gasteiger partial charge on any atom is -0.390 e. The van der Waals surface area contributed by atoms with Crippen molar-refractivity contribution in [3.05, 3.63) is 0 Å². The van der Waals surface area contributed by atoms with E-state index in [1.807, 2.05) is 20.8 Å². The van der Waals surface area contributed by atoms with Crippen molar-refractivity contribution in [2.45, 2.75) is 39.2 Å². The lowest BCUT2D eigenvalue weighted by Crippen LogP contribution is -2.20. The van der Waals surface area contributed by atoms with E-state index in [0.29, 0.717) is 0 Å². The van der Waals surface area contributed by atoms with Crippen LogP contribution in [0.5, 0.6) is 0 Å². The van der Waals surface area contributed by atoms with Crippen LogP contribution in [-0.4, -0.2) is 19.1 Å². The quantitative estimate of drug-likeness (QED) is 0.533. The second kappa shape index (κ2) is 3.96. The van der Waals surface area contributed by atoms with E-state index in [0.717, 1.165) is 12.8 Å². The van der Waals surface area contributed by atoms with Crippen LogP contribution in [0.15, 0.2) is 0 Å². The van der Waals surface area contributed by atoms with Gasteiger partial charge in [0.25, 0.3) is 0 Å². The van der Waals surface area contributed by atoms with Crippen molar-refractivity contribution >= 4 is 8.41 Å². The van der Waals surface area contributed by atoms with Crippen LogP contribution in [0, 0.1) is 0 Å². The average molecular weight is 113 g/mol. The van der Waals surface area contributed by atoms with Crippen LogP contribution < -0.4 is 0 Å². The molecule has 0 aromatic carbocycles. The highest BCUT2D eigenvalue weighted by atomic mass is 16.3. The summed E-state index contributed by atoms with van der Waals surface area (Å²) in [5.41, 5.74) is -0.417. The lowest BCUT2D eigenvalue weighted by atomic mass is 10.0. The van der Waals surface area contributed by atoms with Gasteiger partial charge in [-0.25, -0.2) is 0 Å². The molecule has 0 amide bonds. The Morgan fingerprint density at radius 3 is 1.50 bits per heavy atom. The molecule has 0 fully saturated rings. The fraction of sp³-hybridized carbons (Fsp3) is 1.00. The van der Waals surface area contributed by atoms with Gasteiger partial charge >= 0.3 is 0 Å². The Labute approximate surface area is 53.7 Å². The monoisotopic (exact) mass is 113 g/mol. The third-order valence-corrected chi connectivity index (χ3v) is 1.52. The van der Waals surface area contributed by atoms with Crippen molar-refractivity contribution in [3.63, 3.8) is 0 Å². The first kappa shape index (κ1) is 10.9. The van der Waals surface area contributed by atoms with Gasteiger partial charge in [0.15, 0.2) is 0 Å². The third-order valence-electron chi connectivity index (χ3n) is 1.52. The Hall–Kier alpha value is 0.0249. The SMILES string of the molecule is CCC(C)(O)CC.[B]. The van der Waals surface area contributed by atoms with Crippen LogP contribution in [-0.2, 0) is 0 Å². The standard InChI is InChI=1S/C6H14O.B/c1-4-6(3,7)5-2;/h7H,4-5H2,1-3H3;. The Morgan fingerprint density at radius 1 is 1.25 bits per heavy atom. The molecular weight excluding hydrogens is 98.9 g/mol. The van der Waals surface area contributed by atoms with Gasteiger partial charge in [-0.2, -0.15) is 0 Å². The number of hydrogen-bond acceptors (Lipinski definition) is 1.